The van der Waals surface area contributed by atoms with Crippen molar-refractivity contribution in [3.63, 3.8) is 0 Å². The van der Waals surface area contributed by atoms with Crippen LogP contribution < -0.4 is 5.32 Å². The molecule has 17 heavy (non-hydrogen) atoms. The van der Waals surface area contributed by atoms with E-state index in [9.17, 15) is 9.18 Å². The normalized spacial score (nSPS) is 20.5. The van der Waals surface area contributed by atoms with E-state index in [1.54, 1.807) is 12.1 Å². The zero-order chi connectivity index (χ0) is 12.4. The molecule has 0 radical (unpaired) electrons. The predicted octanol–water partition coefficient (Wildman–Crippen LogP) is 2.02. The number of amides is 1. The van der Waals surface area contributed by atoms with Crippen molar-refractivity contribution in [3.8, 4) is 0 Å². The number of benzene rings is 1. The Hall–Kier alpha value is -0.940. The molecular weight excluding hydrogens is 287 g/mol. The second kappa shape index (κ2) is 5.14. The fraction of sp³-hybridized carbons (Fsp3) is 0.417. The van der Waals surface area contributed by atoms with Crippen LogP contribution in [0.2, 0.25) is 0 Å². The minimum atomic E-state index is -0.416. The van der Waals surface area contributed by atoms with E-state index >= 15 is 0 Å². The lowest BCUT2D eigenvalue weighted by Crippen LogP contribution is -2.36. The van der Waals surface area contributed by atoms with Crippen LogP contribution in [0.15, 0.2) is 22.7 Å². The summed E-state index contributed by atoms with van der Waals surface area (Å²) in [5.74, 6) is -0.627. The zero-order valence-electron chi connectivity index (χ0n) is 9.54. The molecule has 0 aromatic heterocycles. The largest absolute Gasteiger partial charge is 0.348 e. The number of nitrogens with zero attached hydrogens (tertiary/aromatic N) is 1. The van der Waals surface area contributed by atoms with Gasteiger partial charge in [0.05, 0.1) is 4.47 Å². The van der Waals surface area contributed by atoms with Crippen molar-refractivity contribution < 1.29 is 9.18 Å². The van der Waals surface area contributed by atoms with Crippen LogP contribution in [0.3, 0.4) is 0 Å². The molecule has 0 aliphatic carbocycles. The average molecular weight is 301 g/mol. The Balaban J connectivity index is 2.02. The van der Waals surface area contributed by atoms with Crippen molar-refractivity contribution in [1.82, 2.24) is 10.2 Å². The summed E-state index contributed by atoms with van der Waals surface area (Å²) in [6, 6.07) is 4.57. The molecule has 1 amide bonds. The van der Waals surface area contributed by atoms with E-state index in [1.165, 1.54) is 6.07 Å². The molecule has 0 bridgehead atoms. The third-order valence-corrected chi connectivity index (χ3v) is 3.55. The molecule has 92 valence electrons. The van der Waals surface area contributed by atoms with E-state index in [-0.39, 0.29) is 11.9 Å². The lowest BCUT2D eigenvalue weighted by Gasteiger charge is -2.13. The van der Waals surface area contributed by atoms with Crippen LogP contribution in [-0.4, -0.2) is 37.0 Å². The second-order valence-electron chi connectivity index (χ2n) is 4.35. The molecule has 1 heterocycles. The van der Waals surface area contributed by atoms with Crippen molar-refractivity contribution in [3.05, 3.63) is 34.1 Å². The van der Waals surface area contributed by atoms with E-state index in [4.69, 9.17) is 0 Å². The lowest BCUT2D eigenvalue weighted by molar-refractivity contribution is 0.0938. The Labute approximate surface area is 108 Å². The number of carbonyl (C=O) groups excluding carboxylic acids is 1. The highest BCUT2D eigenvalue weighted by Gasteiger charge is 2.21. The van der Waals surface area contributed by atoms with Crippen LogP contribution in [0, 0.1) is 5.82 Å². The highest BCUT2D eigenvalue weighted by molar-refractivity contribution is 9.10. The average Bonchev–Trinajstić information content (AvgIpc) is 2.68. The molecule has 1 N–H and O–H groups in total. The Bertz CT molecular complexity index is 439. The Morgan fingerprint density at radius 3 is 2.94 bits per heavy atom. The van der Waals surface area contributed by atoms with Gasteiger partial charge in [-0.05, 0) is 54.1 Å². The molecule has 1 atom stereocenters. The number of halogens is 2. The minimum Gasteiger partial charge on any atom is -0.348 e. The van der Waals surface area contributed by atoms with E-state index in [1.807, 2.05) is 7.05 Å². The number of carbonyl (C=O) groups is 1. The molecule has 1 unspecified atom stereocenters. The standard InChI is InChI=1S/C12H14BrFN2O/c1-16-5-4-9(7-16)15-12(17)8-2-3-10(13)11(14)6-8/h2-3,6,9H,4-5,7H2,1H3,(H,15,17). The molecule has 2 rings (SSSR count). The Morgan fingerprint density at radius 1 is 1.59 bits per heavy atom. The number of likely N-dealkylation sites (N-methyl/N-ethyl adjacent to an activating group) is 1. The molecule has 1 fully saturated rings. The van der Waals surface area contributed by atoms with Gasteiger partial charge < -0.3 is 10.2 Å². The van der Waals surface area contributed by atoms with Gasteiger partial charge in [0, 0.05) is 18.2 Å². The second-order valence-corrected chi connectivity index (χ2v) is 5.20. The number of nitrogens with one attached hydrogen (secondary N) is 1. The van der Waals surface area contributed by atoms with Gasteiger partial charge >= 0.3 is 0 Å². The van der Waals surface area contributed by atoms with Gasteiger partial charge in [0.2, 0.25) is 0 Å². The highest BCUT2D eigenvalue weighted by Crippen LogP contribution is 2.16. The van der Waals surface area contributed by atoms with Crippen LogP contribution >= 0.6 is 15.9 Å². The first-order chi connectivity index (χ1) is 8.06. The van der Waals surface area contributed by atoms with E-state index in [0.29, 0.717) is 10.0 Å². The monoisotopic (exact) mass is 300 g/mol. The van der Waals surface area contributed by atoms with E-state index < -0.39 is 5.82 Å². The summed E-state index contributed by atoms with van der Waals surface area (Å²) >= 11 is 3.06. The highest BCUT2D eigenvalue weighted by atomic mass is 79.9. The first kappa shape index (κ1) is 12.5. The van der Waals surface area contributed by atoms with Crippen LogP contribution in [0.1, 0.15) is 16.8 Å². The van der Waals surface area contributed by atoms with Gasteiger partial charge in [-0.3, -0.25) is 4.79 Å². The summed E-state index contributed by atoms with van der Waals surface area (Å²) in [7, 11) is 2.02. The molecule has 3 nitrogen and oxygen atoms in total. The van der Waals surface area contributed by atoms with Crippen molar-refractivity contribution in [2.45, 2.75) is 12.5 Å². The third-order valence-electron chi connectivity index (χ3n) is 2.91. The van der Waals surface area contributed by atoms with Gasteiger partial charge in [-0.15, -0.1) is 0 Å². The molecular formula is C12H14BrFN2O. The van der Waals surface area contributed by atoms with E-state index in [0.717, 1.165) is 19.5 Å². The van der Waals surface area contributed by atoms with Gasteiger partial charge in [-0.2, -0.15) is 0 Å². The van der Waals surface area contributed by atoms with Crippen molar-refractivity contribution in [2.75, 3.05) is 20.1 Å². The topological polar surface area (TPSA) is 32.3 Å². The van der Waals surface area contributed by atoms with Gasteiger partial charge in [0.15, 0.2) is 0 Å². The summed E-state index contributed by atoms with van der Waals surface area (Å²) in [4.78, 5) is 14.0. The summed E-state index contributed by atoms with van der Waals surface area (Å²) in [5, 5.41) is 2.91. The predicted molar refractivity (Wildman–Crippen MR) is 67.5 cm³/mol. The van der Waals surface area contributed by atoms with Gasteiger partial charge in [0.25, 0.3) is 5.91 Å². The number of likely N-dealkylation sites (tertiary alicyclic amines) is 1. The molecule has 0 spiro atoms. The summed E-state index contributed by atoms with van der Waals surface area (Å²) in [6.45, 7) is 1.84. The number of rotatable bonds is 2. The Morgan fingerprint density at radius 2 is 2.35 bits per heavy atom. The maximum Gasteiger partial charge on any atom is 0.251 e. The maximum atomic E-state index is 13.3. The third kappa shape index (κ3) is 3.04. The number of hydrogen-bond donors (Lipinski definition) is 1. The molecule has 5 heteroatoms. The van der Waals surface area contributed by atoms with Crippen molar-refractivity contribution in [2.24, 2.45) is 0 Å². The quantitative estimate of drug-likeness (QED) is 0.906. The summed E-state index contributed by atoms with van der Waals surface area (Å²) in [5.41, 5.74) is 0.361. The van der Waals surface area contributed by atoms with Crippen molar-refractivity contribution >= 4 is 21.8 Å². The van der Waals surface area contributed by atoms with Crippen LogP contribution in [0.4, 0.5) is 4.39 Å². The lowest BCUT2D eigenvalue weighted by atomic mass is 10.2. The molecule has 0 saturated carbocycles. The van der Waals surface area contributed by atoms with Crippen molar-refractivity contribution in [1.29, 1.82) is 0 Å². The smallest absolute Gasteiger partial charge is 0.251 e. The fourth-order valence-electron chi connectivity index (χ4n) is 1.96. The summed E-state index contributed by atoms with van der Waals surface area (Å²) < 4.78 is 13.7. The summed E-state index contributed by atoms with van der Waals surface area (Å²) in [6.07, 6.45) is 0.946. The van der Waals surface area contributed by atoms with E-state index in [2.05, 4.69) is 26.1 Å². The first-order valence-corrected chi connectivity index (χ1v) is 6.30. The van der Waals surface area contributed by atoms with Crippen LogP contribution in [-0.2, 0) is 0 Å². The molecule has 1 saturated heterocycles. The Kier molecular flexibility index (Phi) is 3.79. The van der Waals surface area contributed by atoms with Gasteiger partial charge in [-0.25, -0.2) is 4.39 Å². The fourth-order valence-corrected chi connectivity index (χ4v) is 2.21. The molecule has 1 aromatic carbocycles. The molecule has 1 aliphatic rings. The first-order valence-electron chi connectivity index (χ1n) is 5.50. The zero-order valence-corrected chi connectivity index (χ0v) is 11.1. The molecule has 1 aliphatic heterocycles. The minimum absolute atomic E-state index is 0.166. The van der Waals surface area contributed by atoms with Crippen LogP contribution in [0.25, 0.3) is 0 Å². The maximum absolute atomic E-state index is 13.3. The van der Waals surface area contributed by atoms with Gasteiger partial charge in [-0.1, -0.05) is 0 Å². The van der Waals surface area contributed by atoms with Crippen LogP contribution in [0.5, 0.6) is 0 Å². The molecule has 1 aromatic rings. The SMILES string of the molecule is CN1CCC(NC(=O)c2ccc(Br)c(F)c2)C1. The van der Waals surface area contributed by atoms with Gasteiger partial charge in [0.1, 0.15) is 5.82 Å². The number of hydrogen-bond acceptors (Lipinski definition) is 2.